The van der Waals surface area contributed by atoms with Gasteiger partial charge in [-0.1, -0.05) is 43.0 Å². The van der Waals surface area contributed by atoms with Crippen molar-refractivity contribution in [2.45, 2.75) is 51.5 Å². The number of carbonyl (C=O) groups excluding carboxylic acids is 3. The third-order valence-corrected chi connectivity index (χ3v) is 6.95. The number of amides is 4. The van der Waals surface area contributed by atoms with E-state index in [1.54, 1.807) is 7.05 Å². The summed E-state index contributed by atoms with van der Waals surface area (Å²) in [5, 5.41) is 5.09. The number of rotatable bonds is 4. The summed E-state index contributed by atoms with van der Waals surface area (Å²) in [5.41, 5.74) is 3.34. The largest absolute Gasteiger partial charge is 0.327 e. The molecule has 1 N–H and O–H groups in total. The number of hydrogen-bond donors (Lipinski definition) is 1. The molecule has 4 rings (SSSR count). The van der Waals surface area contributed by atoms with E-state index in [0.717, 1.165) is 41.0 Å². The van der Waals surface area contributed by atoms with Gasteiger partial charge in [-0.2, -0.15) is 0 Å². The van der Waals surface area contributed by atoms with Crippen LogP contribution in [-0.2, 0) is 9.59 Å². The predicted octanol–water partition coefficient (Wildman–Crippen LogP) is 3.96. The number of benzene rings is 1. The molecule has 1 saturated carbocycles. The highest BCUT2D eigenvalue weighted by molar-refractivity contribution is 7.14. The summed E-state index contributed by atoms with van der Waals surface area (Å²) >= 11 is 1.33. The molecule has 30 heavy (non-hydrogen) atoms. The molecule has 4 amide bonds. The van der Waals surface area contributed by atoms with Crippen molar-refractivity contribution in [2.75, 3.05) is 18.9 Å². The number of carbonyl (C=O) groups is 3. The van der Waals surface area contributed by atoms with Crippen LogP contribution >= 0.6 is 11.3 Å². The number of likely N-dealkylation sites (N-methyl/N-ethyl adjacent to an activating group) is 1. The number of aromatic nitrogens is 1. The van der Waals surface area contributed by atoms with Crippen molar-refractivity contribution in [1.29, 1.82) is 0 Å². The van der Waals surface area contributed by atoms with Crippen LogP contribution in [0.3, 0.4) is 0 Å². The van der Waals surface area contributed by atoms with Crippen molar-refractivity contribution >= 4 is 34.3 Å². The topological polar surface area (TPSA) is 82.6 Å². The van der Waals surface area contributed by atoms with Crippen LogP contribution in [0.2, 0.25) is 0 Å². The number of urea groups is 1. The van der Waals surface area contributed by atoms with Crippen LogP contribution in [0.4, 0.5) is 9.93 Å². The quantitative estimate of drug-likeness (QED) is 0.750. The fourth-order valence-corrected chi connectivity index (χ4v) is 5.26. The molecular formula is C22H26N4O3S. The summed E-state index contributed by atoms with van der Waals surface area (Å²) in [6.07, 6.45) is 4.24. The molecule has 8 heteroatoms. The molecule has 2 aliphatic rings. The Morgan fingerprint density at radius 1 is 1.20 bits per heavy atom. The van der Waals surface area contributed by atoms with Crippen molar-refractivity contribution in [3.63, 3.8) is 0 Å². The van der Waals surface area contributed by atoms with Gasteiger partial charge in [-0.3, -0.25) is 14.5 Å². The summed E-state index contributed by atoms with van der Waals surface area (Å²) in [6.45, 7) is 3.78. The number of hydrogen-bond acceptors (Lipinski definition) is 5. The van der Waals surface area contributed by atoms with E-state index in [0.29, 0.717) is 18.0 Å². The zero-order chi connectivity index (χ0) is 21.5. The number of anilines is 1. The third-order valence-electron chi connectivity index (χ3n) is 6.19. The molecule has 0 bridgehead atoms. The lowest BCUT2D eigenvalue weighted by molar-refractivity contribution is -0.136. The first kappa shape index (κ1) is 20.5. The van der Waals surface area contributed by atoms with Crippen LogP contribution in [0.15, 0.2) is 23.6 Å². The molecule has 1 aliphatic heterocycles. The number of nitrogens with one attached hydrogen (secondary N) is 1. The minimum atomic E-state index is -0.771. The van der Waals surface area contributed by atoms with E-state index >= 15 is 0 Å². The summed E-state index contributed by atoms with van der Waals surface area (Å²) in [4.78, 5) is 45.4. The average Bonchev–Trinajstić information content (AvgIpc) is 3.23. The monoisotopic (exact) mass is 426 g/mol. The maximum absolute atomic E-state index is 13.0. The summed E-state index contributed by atoms with van der Waals surface area (Å²) in [5.74, 6) is -0.667. The smallest absolute Gasteiger partial charge is 0.313 e. The fraction of sp³-hybridized carbons (Fsp3) is 0.455. The molecule has 1 aliphatic carbocycles. The van der Waals surface area contributed by atoms with Gasteiger partial charge in [0.15, 0.2) is 5.13 Å². The molecule has 0 radical (unpaired) electrons. The van der Waals surface area contributed by atoms with Gasteiger partial charge in [0.1, 0.15) is 12.1 Å². The Labute approximate surface area is 180 Å². The fourth-order valence-electron chi connectivity index (χ4n) is 4.53. The van der Waals surface area contributed by atoms with Gasteiger partial charge in [-0.05, 0) is 32.3 Å². The van der Waals surface area contributed by atoms with Gasteiger partial charge in [-0.25, -0.2) is 9.78 Å². The lowest BCUT2D eigenvalue weighted by Gasteiger charge is -2.35. The first-order valence-corrected chi connectivity index (χ1v) is 11.1. The predicted molar refractivity (Wildman–Crippen MR) is 116 cm³/mol. The lowest BCUT2D eigenvalue weighted by atomic mass is 9.81. The zero-order valence-corrected chi connectivity index (χ0v) is 18.3. The second-order valence-electron chi connectivity index (χ2n) is 8.23. The van der Waals surface area contributed by atoms with Crippen LogP contribution in [0, 0.1) is 13.8 Å². The average molecular weight is 427 g/mol. The van der Waals surface area contributed by atoms with Crippen LogP contribution in [0.5, 0.6) is 0 Å². The molecule has 7 nitrogen and oxygen atoms in total. The third kappa shape index (κ3) is 3.49. The van der Waals surface area contributed by atoms with Crippen molar-refractivity contribution < 1.29 is 14.4 Å². The van der Waals surface area contributed by atoms with Crippen LogP contribution < -0.4 is 5.32 Å². The van der Waals surface area contributed by atoms with Crippen LogP contribution in [0.1, 0.15) is 43.2 Å². The molecular weight excluding hydrogens is 400 g/mol. The van der Waals surface area contributed by atoms with Gasteiger partial charge >= 0.3 is 6.03 Å². The van der Waals surface area contributed by atoms with E-state index in [9.17, 15) is 14.4 Å². The summed E-state index contributed by atoms with van der Waals surface area (Å²) in [6, 6.07) is 5.75. The Balaban J connectivity index is 1.45. The minimum Gasteiger partial charge on any atom is -0.313 e. The highest BCUT2D eigenvalue weighted by Gasteiger charge is 2.55. The molecule has 1 aromatic carbocycles. The van der Waals surface area contributed by atoms with E-state index in [4.69, 9.17) is 0 Å². The first-order valence-electron chi connectivity index (χ1n) is 10.2. The van der Waals surface area contributed by atoms with Gasteiger partial charge in [0, 0.05) is 18.0 Å². The Bertz CT molecular complexity index is 1010. The first-order chi connectivity index (χ1) is 14.3. The minimum absolute atomic E-state index is 0.250. The Hall–Kier alpha value is -2.74. The highest BCUT2D eigenvalue weighted by Crippen LogP contribution is 2.39. The summed E-state index contributed by atoms with van der Waals surface area (Å²) in [7, 11) is 1.67. The van der Waals surface area contributed by atoms with E-state index in [-0.39, 0.29) is 12.5 Å². The molecule has 2 fully saturated rings. The summed E-state index contributed by atoms with van der Waals surface area (Å²) < 4.78 is 0. The van der Waals surface area contributed by atoms with E-state index < -0.39 is 17.5 Å². The second kappa shape index (κ2) is 7.83. The standard InChI is InChI=1S/C22H26N4O3S/c1-14-7-8-16(15(2)11-14)17-13-30-20(23-17)24-18(27)12-26-19(28)22(25(3)21(26)29)9-5-4-6-10-22/h7-8,11,13H,4-6,9-10,12H2,1-3H3,(H,23,24,27). The molecule has 0 atom stereocenters. The maximum Gasteiger partial charge on any atom is 0.327 e. The van der Waals surface area contributed by atoms with Gasteiger partial charge in [0.05, 0.1) is 5.69 Å². The van der Waals surface area contributed by atoms with Crippen LogP contribution in [-0.4, -0.2) is 51.8 Å². The van der Waals surface area contributed by atoms with Gasteiger partial charge in [0.2, 0.25) is 5.91 Å². The number of aryl methyl sites for hydroxylation is 2. The highest BCUT2D eigenvalue weighted by atomic mass is 32.1. The van der Waals surface area contributed by atoms with Crippen molar-refractivity contribution in [3.05, 3.63) is 34.7 Å². The SMILES string of the molecule is Cc1ccc(-c2csc(NC(=O)CN3C(=O)N(C)C4(CCCCC4)C3=O)n2)c(C)c1. The Morgan fingerprint density at radius 3 is 2.63 bits per heavy atom. The van der Waals surface area contributed by atoms with Crippen molar-refractivity contribution in [3.8, 4) is 11.3 Å². The van der Waals surface area contributed by atoms with Crippen molar-refractivity contribution in [2.24, 2.45) is 0 Å². The molecule has 2 heterocycles. The molecule has 0 unspecified atom stereocenters. The molecule has 1 spiro atoms. The van der Waals surface area contributed by atoms with Gasteiger partial charge in [0.25, 0.3) is 5.91 Å². The molecule has 1 aromatic heterocycles. The molecule has 158 valence electrons. The van der Waals surface area contributed by atoms with E-state index in [2.05, 4.69) is 16.4 Å². The van der Waals surface area contributed by atoms with Gasteiger partial charge < -0.3 is 10.2 Å². The Morgan fingerprint density at radius 2 is 1.93 bits per heavy atom. The van der Waals surface area contributed by atoms with Gasteiger partial charge in [-0.15, -0.1) is 11.3 Å². The second-order valence-corrected chi connectivity index (χ2v) is 9.09. The zero-order valence-electron chi connectivity index (χ0n) is 17.5. The lowest BCUT2D eigenvalue weighted by Crippen LogP contribution is -2.49. The van der Waals surface area contributed by atoms with Crippen molar-refractivity contribution in [1.82, 2.24) is 14.8 Å². The molecule has 1 saturated heterocycles. The number of imide groups is 1. The van der Waals surface area contributed by atoms with Crippen LogP contribution in [0.25, 0.3) is 11.3 Å². The normalized spacial score (nSPS) is 18.4. The maximum atomic E-state index is 13.0. The number of thiazole rings is 1. The Kier molecular flexibility index (Phi) is 5.36. The molecule has 2 aromatic rings. The van der Waals surface area contributed by atoms with E-state index in [1.165, 1.54) is 21.8 Å². The van der Waals surface area contributed by atoms with E-state index in [1.807, 2.05) is 31.4 Å². The number of nitrogens with zero attached hydrogens (tertiary/aromatic N) is 3.